The van der Waals surface area contributed by atoms with Crippen molar-refractivity contribution >= 4 is 13.8 Å². The maximum Gasteiger partial charge on any atom is 0.305 e. The zero-order valence-electron chi connectivity index (χ0n) is 21.0. The largest absolute Gasteiger partial charge is 0.756 e. The number of rotatable bonds is 25. The fraction of sp³-hybridized carbons (Fsp3) is 0.958. The summed E-state index contributed by atoms with van der Waals surface area (Å²) in [5.74, 6) is -0.443. The molecule has 0 fully saturated rings. The molecule has 0 spiro atoms. The van der Waals surface area contributed by atoms with E-state index in [-0.39, 0.29) is 13.0 Å². The molecule has 3 atom stereocenters. The molecule has 34 heavy (non-hydrogen) atoms. The van der Waals surface area contributed by atoms with Crippen molar-refractivity contribution in [1.82, 2.24) is 0 Å². The van der Waals surface area contributed by atoms with Crippen molar-refractivity contribution in [2.75, 3.05) is 26.4 Å². The molecule has 0 aromatic heterocycles. The van der Waals surface area contributed by atoms with Crippen LogP contribution in [0.25, 0.3) is 0 Å². The van der Waals surface area contributed by atoms with Gasteiger partial charge in [0.05, 0.1) is 19.8 Å². The lowest BCUT2D eigenvalue weighted by atomic mass is 10.0. The number of ether oxygens (including phenoxy) is 1. The zero-order chi connectivity index (χ0) is 25.5. The molecular formula is C24H48O9P-. The van der Waals surface area contributed by atoms with Gasteiger partial charge in [0.1, 0.15) is 18.8 Å². The van der Waals surface area contributed by atoms with Gasteiger partial charge in [-0.2, -0.15) is 0 Å². The molecule has 10 heteroatoms. The summed E-state index contributed by atoms with van der Waals surface area (Å²) in [5.41, 5.74) is 0. The monoisotopic (exact) mass is 511 g/mol. The first-order valence-corrected chi connectivity index (χ1v) is 14.5. The van der Waals surface area contributed by atoms with Gasteiger partial charge in [-0.1, -0.05) is 96.8 Å². The third-order valence-electron chi connectivity index (χ3n) is 5.48. The second-order valence-electron chi connectivity index (χ2n) is 8.91. The number of phosphoric ester groups is 1. The minimum Gasteiger partial charge on any atom is -0.756 e. The molecule has 3 N–H and O–H groups in total. The van der Waals surface area contributed by atoms with Crippen LogP contribution in [-0.4, -0.2) is 59.9 Å². The van der Waals surface area contributed by atoms with Crippen molar-refractivity contribution in [2.45, 2.75) is 122 Å². The Kier molecular flexibility index (Phi) is 22.5. The van der Waals surface area contributed by atoms with Gasteiger partial charge in [-0.15, -0.1) is 0 Å². The van der Waals surface area contributed by atoms with Crippen molar-refractivity contribution in [3.8, 4) is 0 Å². The average molecular weight is 512 g/mol. The summed E-state index contributed by atoms with van der Waals surface area (Å²) in [6.07, 6.45) is 16.2. The lowest BCUT2D eigenvalue weighted by Gasteiger charge is -2.24. The van der Waals surface area contributed by atoms with E-state index < -0.39 is 45.8 Å². The summed E-state index contributed by atoms with van der Waals surface area (Å²) in [6, 6.07) is 0. The summed E-state index contributed by atoms with van der Waals surface area (Å²) >= 11 is 0. The van der Waals surface area contributed by atoms with E-state index in [1.807, 2.05) is 0 Å². The fourth-order valence-electron chi connectivity index (χ4n) is 3.39. The molecule has 0 radical (unpaired) electrons. The zero-order valence-corrected chi connectivity index (χ0v) is 21.9. The molecular weight excluding hydrogens is 463 g/mol. The van der Waals surface area contributed by atoms with Crippen molar-refractivity contribution in [3.63, 3.8) is 0 Å². The molecule has 0 aromatic carbocycles. The van der Waals surface area contributed by atoms with E-state index in [4.69, 9.17) is 14.9 Å². The summed E-state index contributed by atoms with van der Waals surface area (Å²) in [7, 11) is -4.73. The van der Waals surface area contributed by atoms with E-state index in [1.165, 1.54) is 77.0 Å². The first kappa shape index (κ1) is 33.5. The summed E-state index contributed by atoms with van der Waals surface area (Å²) in [5, 5.41) is 27.3. The van der Waals surface area contributed by atoms with Crippen molar-refractivity contribution < 1.29 is 43.4 Å². The molecule has 0 saturated carbocycles. The van der Waals surface area contributed by atoms with Crippen LogP contribution in [0.15, 0.2) is 0 Å². The third-order valence-corrected chi connectivity index (χ3v) is 6.41. The van der Waals surface area contributed by atoms with E-state index in [2.05, 4.69) is 16.0 Å². The summed E-state index contributed by atoms with van der Waals surface area (Å²) in [4.78, 5) is 23.2. The molecule has 9 nitrogen and oxygen atoms in total. The predicted octanol–water partition coefficient (Wildman–Crippen LogP) is 4.01. The van der Waals surface area contributed by atoms with Crippen LogP contribution in [0.1, 0.15) is 110 Å². The molecule has 0 aliphatic heterocycles. The maximum atomic E-state index is 11.7. The Labute approximate surface area is 205 Å². The molecule has 0 aromatic rings. The quantitative estimate of drug-likeness (QED) is 0.0940. The molecule has 0 rings (SSSR count). The van der Waals surface area contributed by atoms with Gasteiger partial charge < -0.3 is 34.0 Å². The predicted molar refractivity (Wildman–Crippen MR) is 129 cm³/mol. The molecule has 0 amide bonds. The van der Waals surface area contributed by atoms with Crippen molar-refractivity contribution in [1.29, 1.82) is 0 Å². The van der Waals surface area contributed by atoms with Gasteiger partial charge in [0, 0.05) is 6.42 Å². The highest BCUT2D eigenvalue weighted by molar-refractivity contribution is 7.45. The van der Waals surface area contributed by atoms with Crippen LogP contribution in [0.4, 0.5) is 0 Å². The standard InChI is InChI=1S/C24H49O9P/c1-2-3-4-5-6-7-8-9-10-11-12-13-14-15-16-17-24(28)31-19-23(27)21-33-34(29,30)32-20-22(26)18-25/h22-23,25-27H,2-21H2,1H3,(H,29,30)/p-1/t22-,23+/m0/s1. The fourth-order valence-corrected chi connectivity index (χ4v) is 4.18. The van der Waals surface area contributed by atoms with Crippen LogP contribution in [0.2, 0.25) is 0 Å². The van der Waals surface area contributed by atoms with E-state index in [1.54, 1.807) is 0 Å². The number of aliphatic hydroxyl groups excluding tert-OH is 3. The molecule has 0 aliphatic rings. The van der Waals surface area contributed by atoms with Crippen LogP contribution in [0.5, 0.6) is 0 Å². The number of unbranched alkanes of at least 4 members (excludes halogenated alkanes) is 14. The lowest BCUT2D eigenvalue weighted by Crippen LogP contribution is -2.26. The SMILES string of the molecule is CCCCCCCCCCCCCCCCCC(=O)OC[C@@H](O)COP(=O)([O-])OC[C@@H](O)CO. The van der Waals surface area contributed by atoms with Crippen molar-refractivity contribution in [3.05, 3.63) is 0 Å². The number of carbonyl (C=O) groups is 1. The van der Waals surface area contributed by atoms with Gasteiger partial charge in [-0.25, -0.2) is 0 Å². The minimum atomic E-state index is -4.73. The average Bonchev–Trinajstić information content (AvgIpc) is 2.82. The lowest BCUT2D eigenvalue weighted by molar-refractivity contribution is -0.229. The van der Waals surface area contributed by atoms with Crippen molar-refractivity contribution in [2.24, 2.45) is 0 Å². The number of aliphatic hydroxyl groups is 3. The third kappa shape index (κ3) is 23.2. The van der Waals surface area contributed by atoms with Crippen LogP contribution in [0, 0.1) is 0 Å². The number of esters is 1. The Bertz CT molecular complexity index is 519. The van der Waals surface area contributed by atoms with E-state index >= 15 is 0 Å². The Morgan fingerprint density at radius 1 is 0.735 bits per heavy atom. The highest BCUT2D eigenvalue weighted by atomic mass is 31.2. The Morgan fingerprint density at radius 3 is 1.59 bits per heavy atom. The first-order chi connectivity index (χ1) is 16.3. The molecule has 0 heterocycles. The number of hydrogen-bond donors (Lipinski definition) is 3. The van der Waals surface area contributed by atoms with Gasteiger partial charge in [0.25, 0.3) is 7.82 Å². The van der Waals surface area contributed by atoms with Crippen LogP contribution in [0.3, 0.4) is 0 Å². The van der Waals surface area contributed by atoms with Gasteiger partial charge in [0.15, 0.2) is 0 Å². The molecule has 0 aliphatic carbocycles. The van der Waals surface area contributed by atoms with Gasteiger partial charge in [-0.3, -0.25) is 9.36 Å². The normalized spacial score (nSPS) is 15.1. The Morgan fingerprint density at radius 2 is 1.15 bits per heavy atom. The number of carbonyl (C=O) groups excluding carboxylic acids is 1. The molecule has 204 valence electrons. The Hall–Kier alpha value is -0.540. The van der Waals surface area contributed by atoms with E-state index in [9.17, 15) is 19.4 Å². The second-order valence-corrected chi connectivity index (χ2v) is 10.3. The van der Waals surface area contributed by atoms with E-state index in [0.29, 0.717) is 0 Å². The number of hydrogen-bond acceptors (Lipinski definition) is 9. The molecule has 0 bridgehead atoms. The maximum absolute atomic E-state index is 11.7. The molecule has 1 unspecified atom stereocenters. The number of phosphoric acid groups is 1. The smallest absolute Gasteiger partial charge is 0.305 e. The minimum absolute atomic E-state index is 0.258. The highest BCUT2D eigenvalue weighted by Crippen LogP contribution is 2.38. The van der Waals surface area contributed by atoms with Crippen LogP contribution >= 0.6 is 7.82 Å². The molecule has 0 saturated heterocycles. The topological polar surface area (TPSA) is 146 Å². The second kappa shape index (κ2) is 22.9. The van der Waals surface area contributed by atoms with Gasteiger partial charge in [-0.05, 0) is 6.42 Å². The van der Waals surface area contributed by atoms with Crippen LogP contribution < -0.4 is 4.89 Å². The summed E-state index contributed by atoms with van der Waals surface area (Å²) < 4.78 is 25.2. The van der Waals surface area contributed by atoms with E-state index in [0.717, 1.165) is 19.3 Å². The van der Waals surface area contributed by atoms with Gasteiger partial charge >= 0.3 is 5.97 Å². The highest BCUT2D eigenvalue weighted by Gasteiger charge is 2.16. The Balaban J connectivity index is 3.50. The first-order valence-electron chi connectivity index (χ1n) is 13.0. The summed E-state index contributed by atoms with van der Waals surface area (Å²) in [6.45, 7) is -0.0751. The van der Waals surface area contributed by atoms with Gasteiger partial charge in [0.2, 0.25) is 0 Å². The van der Waals surface area contributed by atoms with Crippen LogP contribution in [-0.2, 0) is 23.1 Å².